The van der Waals surface area contributed by atoms with Gasteiger partial charge in [-0.3, -0.25) is 14.6 Å². The predicted molar refractivity (Wildman–Crippen MR) is 122 cm³/mol. The molecule has 2 aromatic heterocycles. The van der Waals surface area contributed by atoms with E-state index >= 15 is 0 Å². The van der Waals surface area contributed by atoms with Crippen LogP contribution in [0.25, 0.3) is 22.0 Å². The summed E-state index contributed by atoms with van der Waals surface area (Å²) < 4.78 is 0. The Morgan fingerprint density at radius 3 is 2.52 bits per heavy atom. The number of para-hydroxylation sites is 1. The second-order valence-corrected chi connectivity index (χ2v) is 8.79. The molecule has 0 aliphatic heterocycles. The number of hydrogen-bond acceptors (Lipinski definition) is 4. The van der Waals surface area contributed by atoms with Gasteiger partial charge in [0.1, 0.15) is 11.4 Å². The summed E-state index contributed by atoms with van der Waals surface area (Å²) in [4.78, 5) is 34.2. The summed E-state index contributed by atoms with van der Waals surface area (Å²) in [5, 5.41) is 6.80. The highest BCUT2D eigenvalue weighted by Gasteiger charge is 2.31. The number of benzene rings is 1. The quantitative estimate of drug-likeness (QED) is 0.609. The van der Waals surface area contributed by atoms with E-state index in [0.29, 0.717) is 18.2 Å². The zero-order valence-corrected chi connectivity index (χ0v) is 18.0. The number of nitrogens with zero attached hydrogens (tertiary/aromatic N) is 2. The van der Waals surface area contributed by atoms with Crippen LogP contribution in [0.2, 0.25) is 0 Å². The maximum atomic E-state index is 13.0. The van der Waals surface area contributed by atoms with Crippen LogP contribution in [0.1, 0.15) is 46.0 Å². The lowest BCUT2D eigenvalue weighted by Gasteiger charge is -2.26. The van der Waals surface area contributed by atoms with Crippen molar-refractivity contribution < 1.29 is 9.59 Å². The highest BCUT2D eigenvalue weighted by atomic mass is 16.2. The number of anilines is 1. The van der Waals surface area contributed by atoms with Crippen LogP contribution in [0.5, 0.6) is 0 Å². The highest BCUT2D eigenvalue weighted by Crippen LogP contribution is 2.30. The fraction of sp³-hybridized carbons (Fsp3) is 0.360. The molecular formula is C25H28N4O2. The van der Waals surface area contributed by atoms with Gasteiger partial charge in [0.05, 0.1) is 5.52 Å². The van der Waals surface area contributed by atoms with Crippen molar-refractivity contribution in [1.29, 1.82) is 0 Å². The molecule has 3 aromatic rings. The van der Waals surface area contributed by atoms with Gasteiger partial charge < -0.3 is 10.6 Å². The molecule has 6 heteroatoms. The lowest BCUT2D eigenvalue weighted by molar-refractivity contribution is -0.129. The standard InChI is InChI=1S/C25H28N4O2/c1-25(2,29-23(30)15-17-7-3-4-8-17)24(31)28-22-16-20(18-11-13-26-14-12-18)19-9-5-6-10-21(19)27-22/h5-6,9-14,16-17H,3-4,7-8,15H2,1-2H3,(H,29,30)(H,27,28,31). The number of carbonyl (C=O) groups excluding carboxylic acids is 2. The Bertz CT molecular complexity index is 1090. The van der Waals surface area contributed by atoms with Gasteiger partial charge in [-0.05, 0) is 68.0 Å². The van der Waals surface area contributed by atoms with Crippen LogP contribution < -0.4 is 10.6 Å². The average molecular weight is 417 g/mol. The Hall–Kier alpha value is -3.28. The van der Waals surface area contributed by atoms with Crippen LogP contribution >= 0.6 is 0 Å². The summed E-state index contributed by atoms with van der Waals surface area (Å²) >= 11 is 0. The van der Waals surface area contributed by atoms with E-state index in [1.54, 1.807) is 26.2 Å². The monoisotopic (exact) mass is 416 g/mol. The Morgan fingerprint density at radius 1 is 1.06 bits per heavy atom. The summed E-state index contributed by atoms with van der Waals surface area (Å²) in [6.07, 6.45) is 8.54. The third-order valence-electron chi connectivity index (χ3n) is 5.92. The van der Waals surface area contributed by atoms with Crippen LogP contribution in [0.3, 0.4) is 0 Å². The van der Waals surface area contributed by atoms with Crippen molar-refractivity contribution in [2.24, 2.45) is 5.92 Å². The van der Waals surface area contributed by atoms with Gasteiger partial charge in [-0.15, -0.1) is 0 Å². The van der Waals surface area contributed by atoms with Crippen LogP contribution in [0.4, 0.5) is 5.82 Å². The van der Waals surface area contributed by atoms with Crippen LogP contribution in [-0.4, -0.2) is 27.3 Å². The zero-order chi connectivity index (χ0) is 21.8. The number of aromatic nitrogens is 2. The number of fused-ring (bicyclic) bond motifs is 1. The number of pyridine rings is 2. The summed E-state index contributed by atoms with van der Waals surface area (Å²) in [7, 11) is 0. The van der Waals surface area contributed by atoms with Crippen LogP contribution in [0, 0.1) is 5.92 Å². The summed E-state index contributed by atoms with van der Waals surface area (Å²) in [6, 6.07) is 13.6. The van der Waals surface area contributed by atoms with E-state index in [-0.39, 0.29) is 11.8 Å². The molecule has 0 spiro atoms. The summed E-state index contributed by atoms with van der Waals surface area (Å²) in [5.41, 5.74) is 1.70. The molecular weight excluding hydrogens is 388 g/mol. The molecule has 1 fully saturated rings. The fourth-order valence-corrected chi connectivity index (χ4v) is 4.22. The number of rotatable bonds is 6. The average Bonchev–Trinajstić information content (AvgIpc) is 3.26. The van der Waals surface area contributed by atoms with Gasteiger partial charge in [-0.1, -0.05) is 31.0 Å². The first-order valence-electron chi connectivity index (χ1n) is 10.8. The molecule has 0 bridgehead atoms. The van der Waals surface area contributed by atoms with Gasteiger partial charge >= 0.3 is 0 Å². The third-order valence-corrected chi connectivity index (χ3v) is 5.92. The smallest absolute Gasteiger partial charge is 0.250 e. The second-order valence-electron chi connectivity index (χ2n) is 8.79. The van der Waals surface area contributed by atoms with Crippen molar-refractivity contribution in [3.63, 3.8) is 0 Å². The first-order valence-corrected chi connectivity index (χ1v) is 10.8. The van der Waals surface area contributed by atoms with Gasteiger partial charge in [-0.2, -0.15) is 0 Å². The highest BCUT2D eigenvalue weighted by molar-refractivity contribution is 6.02. The minimum Gasteiger partial charge on any atom is -0.342 e. The van der Waals surface area contributed by atoms with E-state index in [0.717, 1.165) is 34.9 Å². The van der Waals surface area contributed by atoms with Gasteiger partial charge in [0.15, 0.2) is 0 Å². The van der Waals surface area contributed by atoms with Crippen molar-refractivity contribution in [2.45, 2.75) is 51.5 Å². The predicted octanol–water partition coefficient (Wildman–Crippen LogP) is 4.71. The molecule has 2 amide bonds. The summed E-state index contributed by atoms with van der Waals surface area (Å²) in [5.74, 6) is 0.518. The molecule has 31 heavy (non-hydrogen) atoms. The molecule has 6 nitrogen and oxygen atoms in total. The molecule has 1 aromatic carbocycles. The largest absolute Gasteiger partial charge is 0.342 e. The SMILES string of the molecule is CC(C)(NC(=O)CC1CCCC1)C(=O)Nc1cc(-c2ccncc2)c2ccccc2n1. The maximum absolute atomic E-state index is 13.0. The maximum Gasteiger partial charge on any atom is 0.250 e. The molecule has 0 radical (unpaired) electrons. The lowest BCUT2D eigenvalue weighted by Crippen LogP contribution is -2.52. The van der Waals surface area contributed by atoms with Crippen LogP contribution in [0.15, 0.2) is 54.9 Å². The third kappa shape index (κ3) is 4.90. The molecule has 0 unspecified atom stereocenters. The molecule has 160 valence electrons. The van der Waals surface area contributed by atoms with Crippen LogP contribution in [-0.2, 0) is 9.59 Å². The molecule has 2 heterocycles. The van der Waals surface area contributed by atoms with Crippen molar-refractivity contribution in [3.05, 3.63) is 54.9 Å². The van der Waals surface area contributed by atoms with Gasteiger partial charge in [0, 0.05) is 24.2 Å². The minimum absolute atomic E-state index is 0.0732. The van der Waals surface area contributed by atoms with Gasteiger partial charge in [0.2, 0.25) is 5.91 Å². The van der Waals surface area contributed by atoms with E-state index in [9.17, 15) is 9.59 Å². The minimum atomic E-state index is -1.04. The topological polar surface area (TPSA) is 84.0 Å². The number of hydrogen-bond donors (Lipinski definition) is 2. The number of nitrogens with one attached hydrogen (secondary N) is 2. The Kier molecular flexibility index (Phi) is 5.98. The molecule has 2 N–H and O–H groups in total. The van der Waals surface area contributed by atoms with E-state index in [1.165, 1.54) is 12.8 Å². The lowest BCUT2D eigenvalue weighted by atomic mass is 10.00. The van der Waals surface area contributed by atoms with Crippen molar-refractivity contribution >= 4 is 28.5 Å². The van der Waals surface area contributed by atoms with Crippen molar-refractivity contribution in [3.8, 4) is 11.1 Å². The molecule has 1 saturated carbocycles. The Balaban J connectivity index is 1.54. The van der Waals surface area contributed by atoms with Gasteiger partial charge in [-0.25, -0.2) is 4.98 Å². The molecule has 0 saturated heterocycles. The fourth-order valence-electron chi connectivity index (χ4n) is 4.22. The molecule has 4 rings (SSSR count). The molecule has 1 aliphatic carbocycles. The zero-order valence-electron chi connectivity index (χ0n) is 18.0. The normalized spacial score (nSPS) is 14.5. The van der Waals surface area contributed by atoms with Crippen molar-refractivity contribution in [1.82, 2.24) is 15.3 Å². The number of carbonyl (C=O) groups is 2. The summed E-state index contributed by atoms with van der Waals surface area (Å²) in [6.45, 7) is 3.44. The first kappa shape index (κ1) is 21.0. The molecule has 1 aliphatic rings. The number of amides is 2. The Morgan fingerprint density at radius 2 is 1.77 bits per heavy atom. The van der Waals surface area contributed by atoms with E-state index in [1.807, 2.05) is 42.5 Å². The van der Waals surface area contributed by atoms with E-state index in [2.05, 4.69) is 20.6 Å². The van der Waals surface area contributed by atoms with Crippen molar-refractivity contribution in [2.75, 3.05) is 5.32 Å². The first-order chi connectivity index (χ1) is 14.9. The van der Waals surface area contributed by atoms with E-state index in [4.69, 9.17) is 0 Å². The van der Waals surface area contributed by atoms with Gasteiger partial charge in [0.25, 0.3) is 5.91 Å². The van der Waals surface area contributed by atoms with E-state index < -0.39 is 5.54 Å². The molecule has 0 atom stereocenters. The second kappa shape index (κ2) is 8.84. The Labute approximate surface area is 182 Å².